The van der Waals surface area contributed by atoms with Crippen LogP contribution in [0.25, 0.3) is 0 Å². The molecule has 1 fully saturated rings. The number of carbonyl (C=O) groups excluding carboxylic acids is 2. The van der Waals surface area contributed by atoms with E-state index in [0.717, 1.165) is 0 Å². The molecule has 0 bridgehead atoms. The quantitative estimate of drug-likeness (QED) is 0.636. The van der Waals surface area contributed by atoms with Gasteiger partial charge in [0.15, 0.2) is 5.60 Å². The normalized spacial score (nSPS) is 31.0. The third kappa shape index (κ3) is 1.23. The lowest BCUT2D eigenvalue weighted by Gasteiger charge is -2.25. The molecule has 1 aromatic carbocycles. The standard InChI is InChI=1S/C12H12N2O3/c15-10-8(5-6-13-10)12(17)7-3-1-2-4-9(7)14-11(12)16/h1-4,8,17H,5-6H2,(H,13,15)(H,14,16). The predicted molar refractivity (Wildman–Crippen MR) is 60.1 cm³/mol. The van der Waals surface area contributed by atoms with Crippen molar-refractivity contribution in [2.75, 3.05) is 11.9 Å². The van der Waals surface area contributed by atoms with E-state index in [-0.39, 0.29) is 5.91 Å². The van der Waals surface area contributed by atoms with Crippen LogP contribution in [0.1, 0.15) is 12.0 Å². The zero-order valence-electron chi connectivity index (χ0n) is 9.06. The van der Waals surface area contributed by atoms with E-state index in [0.29, 0.717) is 24.2 Å². The second-order valence-corrected chi connectivity index (χ2v) is 4.40. The molecule has 2 atom stereocenters. The summed E-state index contributed by atoms with van der Waals surface area (Å²) in [5, 5.41) is 15.9. The SMILES string of the molecule is O=C1NCCC1C1(O)C(=O)Nc2ccccc21. The van der Waals surface area contributed by atoms with E-state index >= 15 is 0 Å². The van der Waals surface area contributed by atoms with Gasteiger partial charge in [0.1, 0.15) is 0 Å². The van der Waals surface area contributed by atoms with Gasteiger partial charge >= 0.3 is 0 Å². The Labute approximate surface area is 97.8 Å². The number of anilines is 1. The van der Waals surface area contributed by atoms with Crippen LogP contribution in [-0.2, 0) is 15.2 Å². The van der Waals surface area contributed by atoms with Crippen molar-refractivity contribution in [2.24, 2.45) is 5.92 Å². The third-order valence-corrected chi connectivity index (χ3v) is 3.49. The Morgan fingerprint density at radius 2 is 2.06 bits per heavy atom. The van der Waals surface area contributed by atoms with E-state index in [1.165, 1.54) is 0 Å². The first kappa shape index (κ1) is 10.3. The molecule has 0 saturated carbocycles. The molecule has 88 valence electrons. The van der Waals surface area contributed by atoms with Crippen LogP contribution in [0.4, 0.5) is 5.69 Å². The molecule has 0 aromatic heterocycles. The van der Waals surface area contributed by atoms with Crippen LogP contribution in [0.2, 0.25) is 0 Å². The van der Waals surface area contributed by atoms with Crippen molar-refractivity contribution in [3.8, 4) is 0 Å². The number of amides is 2. The highest BCUT2D eigenvalue weighted by molar-refractivity contribution is 6.07. The molecule has 0 radical (unpaired) electrons. The summed E-state index contributed by atoms with van der Waals surface area (Å²) in [5.41, 5.74) is -0.649. The van der Waals surface area contributed by atoms with Gasteiger partial charge in [-0.05, 0) is 12.5 Å². The average molecular weight is 232 g/mol. The maximum atomic E-state index is 11.9. The molecule has 1 saturated heterocycles. The molecule has 2 amide bonds. The van der Waals surface area contributed by atoms with Gasteiger partial charge in [-0.15, -0.1) is 0 Å². The minimum absolute atomic E-state index is 0.264. The van der Waals surface area contributed by atoms with Gasteiger partial charge in [0.2, 0.25) is 5.91 Å². The molecular weight excluding hydrogens is 220 g/mol. The zero-order chi connectivity index (χ0) is 12.0. The lowest BCUT2D eigenvalue weighted by molar-refractivity contribution is -0.147. The zero-order valence-corrected chi connectivity index (χ0v) is 9.06. The Morgan fingerprint density at radius 3 is 2.76 bits per heavy atom. The number of aliphatic hydroxyl groups is 1. The first-order chi connectivity index (χ1) is 8.14. The Bertz CT molecular complexity index is 514. The number of carbonyl (C=O) groups is 2. The second-order valence-electron chi connectivity index (χ2n) is 4.40. The fourth-order valence-corrected chi connectivity index (χ4v) is 2.60. The van der Waals surface area contributed by atoms with Crippen molar-refractivity contribution >= 4 is 17.5 Å². The number of benzene rings is 1. The van der Waals surface area contributed by atoms with Crippen molar-refractivity contribution in [1.29, 1.82) is 0 Å². The lowest BCUT2D eigenvalue weighted by Crippen LogP contribution is -2.44. The maximum absolute atomic E-state index is 11.9. The highest BCUT2D eigenvalue weighted by Crippen LogP contribution is 2.43. The van der Waals surface area contributed by atoms with Crippen molar-refractivity contribution in [3.05, 3.63) is 29.8 Å². The maximum Gasteiger partial charge on any atom is 0.261 e. The average Bonchev–Trinajstić information content (AvgIpc) is 2.84. The number of rotatable bonds is 1. The van der Waals surface area contributed by atoms with E-state index in [1.807, 2.05) is 0 Å². The summed E-state index contributed by atoms with van der Waals surface area (Å²) in [4.78, 5) is 23.6. The van der Waals surface area contributed by atoms with Gasteiger partial charge in [0.25, 0.3) is 5.91 Å². The number of hydrogen-bond donors (Lipinski definition) is 3. The molecule has 0 aliphatic carbocycles. The minimum Gasteiger partial charge on any atom is -0.375 e. The number of nitrogens with one attached hydrogen (secondary N) is 2. The first-order valence-corrected chi connectivity index (χ1v) is 5.55. The van der Waals surface area contributed by atoms with Crippen molar-refractivity contribution in [2.45, 2.75) is 12.0 Å². The molecule has 1 aromatic rings. The van der Waals surface area contributed by atoms with Crippen LogP contribution in [-0.4, -0.2) is 23.5 Å². The van der Waals surface area contributed by atoms with E-state index in [4.69, 9.17) is 0 Å². The molecule has 2 aliphatic rings. The molecule has 17 heavy (non-hydrogen) atoms. The summed E-state index contributed by atoms with van der Waals surface area (Å²) < 4.78 is 0. The molecule has 3 rings (SSSR count). The summed E-state index contributed by atoms with van der Waals surface area (Å²) in [6, 6.07) is 6.92. The van der Waals surface area contributed by atoms with Gasteiger partial charge in [-0.25, -0.2) is 0 Å². The van der Waals surface area contributed by atoms with E-state index in [2.05, 4.69) is 10.6 Å². The smallest absolute Gasteiger partial charge is 0.261 e. The fourth-order valence-electron chi connectivity index (χ4n) is 2.60. The monoisotopic (exact) mass is 232 g/mol. The summed E-state index contributed by atoms with van der Waals surface area (Å²) in [7, 11) is 0. The van der Waals surface area contributed by atoms with Crippen LogP contribution < -0.4 is 10.6 Å². The second kappa shape index (κ2) is 3.30. The minimum atomic E-state index is -1.73. The van der Waals surface area contributed by atoms with Crippen molar-refractivity contribution in [1.82, 2.24) is 5.32 Å². The van der Waals surface area contributed by atoms with Gasteiger partial charge < -0.3 is 15.7 Å². The summed E-state index contributed by atoms with van der Waals surface area (Å²) in [6.45, 7) is 0.501. The summed E-state index contributed by atoms with van der Waals surface area (Å²) in [5.74, 6) is -1.48. The Balaban J connectivity index is 2.13. The Kier molecular flexibility index (Phi) is 2.00. The van der Waals surface area contributed by atoms with Gasteiger partial charge in [0, 0.05) is 17.8 Å². The molecular formula is C12H12N2O3. The van der Waals surface area contributed by atoms with Crippen molar-refractivity contribution in [3.63, 3.8) is 0 Å². The predicted octanol–water partition coefficient (Wildman–Crippen LogP) is -0.0376. The van der Waals surface area contributed by atoms with Crippen molar-refractivity contribution < 1.29 is 14.7 Å². The first-order valence-electron chi connectivity index (χ1n) is 5.55. The van der Waals surface area contributed by atoms with Crippen LogP contribution >= 0.6 is 0 Å². The molecule has 5 nitrogen and oxygen atoms in total. The summed E-state index contributed by atoms with van der Waals surface area (Å²) in [6.07, 6.45) is 0.469. The number of fused-ring (bicyclic) bond motifs is 1. The molecule has 0 spiro atoms. The molecule has 2 unspecified atom stereocenters. The lowest BCUT2D eigenvalue weighted by atomic mass is 9.81. The van der Waals surface area contributed by atoms with Crippen LogP contribution in [0.5, 0.6) is 0 Å². The third-order valence-electron chi connectivity index (χ3n) is 3.49. The van der Waals surface area contributed by atoms with E-state index in [1.54, 1.807) is 24.3 Å². The molecule has 2 aliphatic heterocycles. The van der Waals surface area contributed by atoms with Crippen LogP contribution in [0.3, 0.4) is 0 Å². The number of para-hydroxylation sites is 1. The number of hydrogen-bond acceptors (Lipinski definition) is 3. The van der Waals surface area contributed by atoms with Gasteiger partial charge in [-0.3, -0.25) is 9.59 Å². The Morgan fingerprint density at radius 1 is 1.29 bits per heavy atom. The van der Waals surface area contributed by atoms with Crippen LogP contribution in [0, 0.1) is 5.92 Å². The largest absolute Gasteiger partial charge is 0.375 e. The molecule has 3 N–H and O–H groups in total. The van der Waals surface area contributed by atoms with E-state index in [9.17, 15) is 14.7 Å². The molecule has 5 heteroatoms. The highest BCUT2D eigenvalue weighted by atomic mass is 16.3. The van der Waals surface area contributed by atoms with Gasteiger partial charge in [-0.2, -0.15) is 0 Å². The highest BCUT2D eigenvalue weighted by Gasteiger charge is 2.54. The Hall–Kier alpha value is -1.88. The summed E-state index contributed by atoms with van der Waals surface area (Å²) >= 11 is 0. The molecule has 2 heterocycles. The fraction of sp³-hybridized carbons (Fsp3) is 0.333. The van der Waals surface area contributed by atoms with Crippen LogP contribution in [0.15, 0.2) is 24.3 Å². The van der Waals surface area contributed by atoms with E-state index < -0.39 is 17.4 Å². The topological polar surface area (TPSA) is 78.4 Å². The van der Waals surface area contributed by atoms with Gasteiger partial charge in [-0.1, -0.05) is 18.2 Å². The van der Waals surface area contributed by atoms with Gasteiger partial charge in [0.05, 0.1) is 5.92 Å².